The lowest BCUT2D eigenvalue weighted by Crippen LogP contribution is -2.13. The van der Waals surface area contributed by atoms with Gasteiger partial charge >= 0.3 is 0 Å². The maximum atomic E-state index is 5.99. The molecule has 4 heterocycles. The average molecular weight is 533 g/mol. The molecule has 1 aliphatic rings. The van der Waals surface area contributed by atoms with E-state index in [9.17, 15) is 0 Å². The zero-order chi connectivity index (χ0) is 27.4. The zero-order valence-electron chi connectivity index (χ0n) is 22.1. The molecule has 0 N–H and O–H groups in total. The Bertz CT molecular complexity index is 1880. The largest absolute Gasteiger partial charge is 0.415 e. The highest BCUT2D eigenvalue weighted by atomic mass is 16.4. The predicted octanol–water partition coefficient (Wildman–Crippen LogP) is 7.51. The molecule has 0 saturated carbocycles. The molecule has 6 aromatic rings. The Kier molecular flexibility index (Phi) is 6.51. The van der Waals surface area contributed by atoms with Crippen LogP contribution >= 0.6 is 0 Å². The average Bonchev–Trinajstić information content (AvgIpc) is 3.57. The summed E-state index contributed by atoms with van der Waals surface area (Å²) in [5.41, 5.74) is 9.07. The van der Waals surface area contributed by atoms with Gasteiger partial charge in [0.1, 0.15) is 5.69 Å². The maximum Gasteiger partial charge on any atom is 0.266 e. The van der Waals surface area contributed by atoms with Crippen molar-refractivity contribution in [3.63, 3.8) is 0 Å². The summed E-state index contributed by atoms with van der Waals surface area (Å²) in [5.74, 6) is 0.819. The summed E-state index contributed by atoms with van der Waals surface area (Å²) < 4.78 is 5.99. The van der Waals surface area contributed by atoms with Gasteiger partial charge in [0.15, 0.2) is 0 Å². The van der Waals surface area contributed by atoms with E-state index in [1.165, 1.54) is 0 Å². The van der Waals surface area contributed by atoms with Gasteiger partial charge in [-0.1, -0.05) is 84.9 Å². The smallest absolute Gasteiger partial charge is 0.266 e. The molecule has 41 heavy (non-hydrogen) atoms. The van der Waals surface area contributed by atoms with E-state index < -0.39 is 0 Å². The second kappa shape index (κ2) is 10.9. The molecule has 3 aromatic heterocycles. The standard InChI is InChI=1S/C34H24N6O/c1-3-9-23(10-4-1)27-13-7-15-30(35-27)31-22-21-29(37-38-31)25-17-19-26(20-18-25)33-39-40-34(41-33)32-16-8-14-28(36-32)24-11-5-2-6-12-24/h1-20H,21-22H2. The summed E-state index contributed by atoms with van der Waals surface area (Å²) in [6.45, 7) is 0. The van der Waals surface area contributed by atoms with E-state index >= 15 is 0 Å². The Balaban J connectivity index is 1.08. The third-order valence-electron chi connectivity index (χ3n) is 6.93. The van der Waals surface area contributed by atoms with Crippen molar-refractivity contribution in [1.29, 1.82) is 0 Å². The van der Waals surface area contributed by atoms with Gasteiger partial charge in [-0.05, 0) is 54.8 Å². The van der Waals surface area contributed by atoms with Crippen LogP contribution in [0.1, 0.15) is 24.1 Å². The van der Waals surface area contributed by atoms with Gasteiger partial charge in [-0.25, -0.2) is 9.97 Å². The third-order valence-corrected chi connectivity index (χ3v) is 6.93. The minimum atomic E-state index is 0.380. The molecule has 0 bridgehead atoms. The van der Waals surface area contributed by atoms with Gasteiger partial charge in [0.25, 0.3) is 5.89 Å². The topological polar surface area (TPSA) is 89.4 Å². The summed E-state index contributed by atoms with van der Waals surface area (Å²) in [4.78, 5) is 9.54. The first-order valence-electron chi connectivity index (χ1n) is 13.4. The first-order chi connectivity index (χ1) is 20.3. The number of benzene rings is 3. The monoisotopic (exact) mass is 532 g/mol. The molecule has 0 amide bonds. The van der Waals surface area contributed by atoms with E-state index in [4.69, 9.17) is 14.4 Å². The lowest BCUT2D eigenvalue weighted by atomic mass is 10.00. The Labute approximate surface area is 237 Å². The van der Waals surface area contributed by atoms with Crippen LogP contribution < -0.4 is 0 Å². The Morgan fingerprint density at radius 2 is 0.902 bits per heavy atom. The molecule has 0 unspecified atom stereocenters. The Morgan fingerprint density at radius 3 is 1.54 bits per heavy atom. The van der Waals surface area contributed by atoms with Crippen molar-refractivity contribution in [1.82, 2.24) is 20.2 Å². The zero-order valence-corrected chi connectivity index (χ0v) is 22.1. The molecular weight excluding hydrogens is 508 g/mol. The van der Waals surface area contributed by atoms with Gasteiger partial charge in [0.2, 0.25) is 5.89 Å². The van der Waals surface area contributed by atoms with Gasteiger partial charge in [0.05, 0.1) is 28.5 Å². The van der Waals surface area contributed by atoms with Crippen molar-refractivity contribution in [3.05, 3.63) is 133 Å². The lowest BCUT2D eigenvalue weighted by Gasteiger charge is -2.13. The van der Waals surface area contributed by atoms with Gasteiger partial charge in [-0.2, -0.15) is 10.2 Å². The molecule has 0 fully saturated rings. The van der Waals surface area contributed by atoms with Crippen LogP contribution in [0.3, 0.4) is 0 Å². The van der Waals surface area contributed by atoms with Crippen LogP contribution in [0.15, 0.2) is 136 Å². The highest BCUT2D eigenvalue weighted by Gasteiger charge is 2.17. The SMILES string of the molecule is c1ccc(-c2cccc(C3=NN=C(c4ccc(-c5nnc(-c6cccc(-c7ccccc7)n6)o5)cc4)CC3)n2)cc1. The molecular formula is C34H24N6O. The van der Waals surface area contributed by atoms with Crippen molar-refractivity contribution in [2.45, 2.75) is 12.8 Å². The van der Waals surface area contributed by atoms with E-state index in [1.54, 1.807) is 0 Å². The van der Waals surface area contributed by atoms with Gasteiger partial charge in [-0.3, -0.25) is 0 Å². The number of hydrogen-bond donors (Lipinski definition) is 0. The van der Waals surface area contributed by atoms with Crippen LogP contribution in [0, 0.1) is 0 Å². The van der Waals surface area contributed by atoms with E-state index in [0.29, 0.717) is 17.5 Å². The van der Waals surface area contributed by atoms with Crippen LogP contribution in [0.5, 0.6) is 0 Å². The molecule has 0 spiro atoms. The van der Waals surface area contributed by atoms with Crippen molar-refractivity contribution in [2.24, 2.45) is 10.2 Å². The normalized spacial score (nSPS) is 13.0. The minimum absolute atomic E-state index is 0.380. The second-order valence-electron chi connectivity index (χ2n) is 9.63. The van der Waals surface area contributed by atoms with E-state index in [2.05, 4.69) is 32.5 Å². The number of aromatic nitrogens is 4. The van der Waals surface area contributed by atoms with Gasteiger partial charge in [-0.15, -0.1) is 10.2 Å². The Morgan fingerprint density at radius 1 is 0.390 bits per heavy atom. The highest BCUT2D eigenvalue weighted by molar-refractivity contribution is 6.08. The van der Waals surface area contributed by atoms with Gasteiger partial charge in [0, 0.05) is 16.7 Å². The van der Waals surface area contributed by atoms with Crippen LogP contribution in [-0.2, 0) is 0 Å². The summed E-state index contributed by atoms with van der Waals surface area (Å²) in [7, 11) is 0. The van der Waals surface area contributed by atoms with E-state index in [-0.39, 0.29) is 0 Å². The lowest BCUT2D eigenvalue weighted by molar-refractivity contribution is 0.582. The fraction of sp³-hybridized carbons (Fsp3) is 0.0588. The van der Waals surface area contributed by atoms with Crippen molar-refractivity contribution < 1.29 is 4.42 Å². The fourth-order valence-electron chi connectivity index (χ4n) is 4.78. The number of hydrogen-bond acceptors (Lipinski definition) is 7. The third kappa shape index (κ3) is 5.21. The first kappa shape index (κ1) is 24.5. The number of nitrogens with zero attached hydrogens (tertiary/aromatic N) is 6. The minimum Gasteiger partial charge on any atom is -0.415 e. The molecule has 7 heteroatoms. The molecule has 196 valence electrons. The first-order valence-corrected chi connectivity index (χ1v) is 13.4. The summed E-state index contributed by atoms with van der Waals surface area (Å²) in [6.07, 6.45) is 1.55. The second-order valence-corrected chi connectivity index (χ2v) is 9.63. The summed E-state index contributed by atoms with van der Waals surface area (Å²) in [5, 5.41) is 17.6. The molecule has 7 nitrogen and oxygen atoms in total. The predicted molar refractivity (Wildman–Crippen MR) is 160 cm³/mol. The molecule has 1 aliphatic heterocycles. The van der Waals surface area contributed by atoms with Crippen LogP contribution in [-0.4, -0.2) is 31.6 Å². The van der Waals surface area contributed by atoms with Gasteiger partial charge < -0.3 is 4.42 Å². The van der Waals surface area contributed by atoms with Crippen molar-refractivity contribution in [2.75, 3.05) is 0 Å². The molecule has 0 radical (unpaired) electrons. The highest BCUT2D eigenvalue weighted by Crippen LogP contribution is 2.26. The molecule has 0 aliphatic carbocycles. The van der Waals surface area contributed by atoms with E-state index in [0.717, 1.165) is 63.6 Å². The van der Waals surface area contributed by atoms with E-state index in [1.807, 2.05) is 109 Å². The van der Waals surface area contributed by atoms with Crippen molar-refractivity contribution in [3.8, 4) is 45.6 Å². The maximum absolute atomic E-state index is 5.99. The Hall–Kier alpha value is -5.56. The molecule has 3 aromatic carbocycles. The van der Waals surface area contributed by atoms with Crippen LogP contribution in [0.25, 0.3) is 45.6 Å². The summed E-state index contributed by atoms with van der Waals surface area (Å²) >= 11 is 0. The number of pyridine rings is 2. The fourth-order valence-corrected chi connectivity index (χ4v) is 4.78. The molecule has 7 rings (SSSR count). The molecule has 0 saturated heterocycles. The van der Waals surface area contributed by atoms with Crippen LogP contribution in [0.4, 0.5) is 0 Å². The molecule has 0 atom stereocenters. The summed E-state index contributed by atoms with van der Waals surface area (Å²) in [6, 6.07) is 39.9. The van der Waals surface area contributed by atoms with Crippen molar-refractivity contribution >= 4 is 11.4 Å². The quantitative estimate of drug-likeness (QED) is 0.221. The number of rotatable bonds is 6. The van der Waals surface area contributed by atoms with Crippen LogP contribution in [0.2, 0.25) is 0 Å².